The summed E-state index contributed by atoms with van der Waals surface area (Å²) in [4.78, 5) is 25.5. The van der Waals surface area contributed by atoms with Gasteiger partial charge in [0.1, 0.15) is 23.8 Å². The van der Waals surface area contributed by atoms with E-state index >= 15 is 0 Å². The van der Waals surface area contributed by atoms with E-state index in [1.165, 1.54) is 7.11 Å². The van der Waals surface area contributed by atoms with Crippen molar-refractivity contribution in [2.24, 2.45) is 0 Å². The summed E-state index contributed by atoms with van der Waals surface area (Å²) in [5, 5.41) is 4.17. The minimum absolute atomic E-state index is 0.245. The predicted octanol–water partition coefficient (Wildman–Crippen LogP) is 0.218. The zero-order valence-corrected chi connectivity index (χ0v) is 11.5. The monoisotopic (exact) mass is 275 g/mol. The molecule has 106 valence electrons. The number of aromatic nitrogens is 3. The molecule has 0 radical (unpaired) electrons. The maximum absolute atomic E-state index is 11.7. The van der Waals surface area contributed by atoms with Gasteiger partial charge < -0.3 is 19.9 Å². The van der Waals surface area contributed by atoms with Crippen LogP contribution in [0.5, 0.6) is 0 Å². The first-order valence-corrected chi connectivity index (χ1v) is 6.55. The molecule has 20 heavy (non-hydrogen) atoms. The van der Waals surface area contributed by atoms with E-state index in [1.807, 2.05) is 13.1 Å². The minimum atomic E-state index is -0.321. The van der Waals surface area contributed by atoms with Gasteiger partial charge >= 0.3 is 5.97 Å². The lowest BCUT2D eigenvalue weighted by Crippen LogP contribution is -2.54. The van der Waals surface area contributed by atoms with Gasteiger partial charge in [-0.3, -0.25) is 4.79 Å². The first kappa shape index (κ1) is 12.9. The molecule has 2 aromatic rings. The zero-order valence-electron chi connectivity index (χ0n) is 11.5. The van der Waals surface area contributed by atoms with Gasteiger partial charge in [-0.2, -0.15) is 0 Å². The SMILES string of the molecule is COC(=O)C1CN(c2ncnc3[nH]cc(C)c23)CCN1. The van der Waals surface area contributed by atoms with Crippen LogP contribution in [0.2, 0.25) is 0 Å². The standard InChI is InChI=1S/C13H17N5O2/c1-8-5-15-11-10(8)12(17-7-16-11)18-4-3-14-9(6-18)13(19)20-2/h5,7,9,14H,3-4,6H2,1-2H3,(H,15,16,17). The Morgan fingerprint density at radius 3 is 3.15 bits per heavy atom. The number of methoxy groups -OCH3 is 1. The molecule has 0 spiro atoms. The fraction of sp³-hybridized carbons (Fsp3) is 0.462. The van der Waals surface area contributed by atoms with E-state index in [0.29, 0.717) is 13.1 Å². The fourth-order valence-corrected chi connectivity index (χ4v) is 2.58. The molecule has 1 fully saturated rings. The first-order chi connectivity index (χ1) is 9.70. The third-order valence-electron chi connectivity index (χ3n) is 3.61. The van der Waals surface area contributed by atoms with E-state index in [-0.39, 0.29) is 12.0 Å². The molecule has 1 aliphatic heterocycles. The summed E-state index contributed by atoms with van der Waals surface area (Å²) < 4.78 is 4.80. The molecular weight excluding hydrogens is 258 g/mol. The highest BCUT2D eigenvalue weighted by molar-refractivity contribution is 5.91. The topological polar surface area (TPSA) is 83.1 Å². The van der Waals surface area contributed by atoms with Gasteiger partial charge in [0.2, 0.25) is 0 Å². The fourth-order valence-electron chi connectivity index (χ4n) is 2.58. The molecule has 0 aliphatic carbocycles. The van der Waals surface area contributed by atoms with Crippen molar-refractivity contribution in [3.05, 3.63) is 18.1 Å². The average molecular weight is 275 g/mol. The smallest absolute Gasteiger partial charge is 0.324 e. The molecular formula is C13H17N5O2. The Hall–Kier alpha value is -2.15. The van der Waals surface area contributed by atoms with Crippen molar-refractivity contribution in [1.82, 2.24) is 20.3 Å². The molecule has 0 amide bonds. The van der Waals surface area contributed by atoms with Gasteiger partial charge in [0.25, 0.3) is 0 Å². The number of hydrogen-bond donors (Lipinski definition) is 2. The Balaban J connectivity index is 1.94. The summed E-state index contributed by atoms with van der Waals surface area (Å²) in [5.74, 6) is 0.620. The third-order valence-corrected chi connectivity index (χ3v) is 3.61. The van der Waals surface area contributed by atoms with Gasteiger partial charge in [-0.15, -0.1) is 0 Å². The van der Waals surface area contributed by atoms with E-state index in [0.717, 1.165) is 29.0 Å². The Morgan fingerprint density at radius 1 is 1.50 bits per heavy atom. The summed E-state index contributed by atoms with van der Waals surface area (Å²) in [6, 6.07) is -0.321. The number of fused-ring (bicyclic) bond motifs is 1. The van der Waals surface area contributed by atoms with Crippen molar-refractivity contribution < 1.29 is 9.53 Å². The minimum Gasteiger partial charge on any atom is -0.468 e. The number of carbonyl (C=O) groups excluding carboxylic acids is 1. The van der Waals surface area contributed by atoms with Crippen LogP contribution in [0.4, 0.5) is 5.82 Å². The summed E-state index contributed by atoms with van der Waals surface area (Å²) >= 11 is 0. The number of ether oxygens (including phenoxy) is 1. The second-order valence-electron chi connectivity index (χ2n) is 4.87. The van der Waals surface area contributed by atoms with Crippen LogP contribution < -0.4 is 10.2 Å². The van der Waals surface area contributed by atoms with Gasteiger partial charge in [0.05, 0.1) is 12.5 Å². The number of anilines is 1. The van der Waals surface area contributed by atoms with E-state index in [1.54, 1.807) is 6.33 Å². The summed E-state index contributed by atoms with van der Waals surface area (Å²) in [5.41, 5.74) is 1.92. The van der Waals surface area contributed by atoms with Crippen LogP contribution in [0.3, 0.4) is 0 Å². The Labute approximate surface area is 116 Å². The highest BCUT2D eigenvalue weighted by Gasteiger charge is 2.28. The molecule has 3 rings (SSSR count). The molecule has 1 aliphatic rings. The van der Waals surface area contributed by atoms with Crippen molar-refractivity contribution in [3.63, 3.8) is 0 Å². The summed E-state index contributed by atoms with van der Waals surface area (Å²) in [6.45, 7) is 4.08. The van der Waals surface area contributed by atoms with Crippen molar-refractivity contribution in [2.75, 3.05) is 31.6 Å². The largest absolute Gasteiger partial charge is 0.468 e. The molecule has 3 heterocycles. The van der Waals surface area contributed by atoms with Gasteiger partial charge in [-0.25, -0.2) is 9.97 Å². The Bertz CT molecular complexity index is 639. The molecule has 7 nitrogen and oxygen atoms in total. The van der Waals surface area contributed by atoms with Crippen LogP contribution in [-0.2, 0) is 9.53 Å². The molecule has 1 saturated heterocycles. The number of carbonyl (C=O) groups is 1. The van der Waals surface area contributed by atoms with Gasteiger partial charge in [0, 0.05) is 25.8 Å². The number of nitrogens with one attached hydrogen (secondary N) is 2. The van der Waals surface area contributed by atoms with E-state index in [4.69, 9.17) is 4.74 Å². The molecule has 0 aromatic carbocycles. The maximum Gasteiger partial charge on any atom is 0.324 e. The molecule has 0 bridgehead atoms. The van der Waals surface area contributed by atoms with E-state index in [2.05, 4.69) is 25.2 Å². The summed E-state index contributed by atoms with van der Waals surface area (Å²) in [7, 11) is 1.40. The van der Waals surface area contributed by atoms with Gasteiger partial charge in [-0.05, 0) is 12.5 Å². The Morgan fingerprint density at radius 2 is 2.35 bits per heavy atom. The number of H-pyrrole nitrogens is 1. The predicted molar refractivity (Wildman–Crippen MR) is 74.6 cm³/mol. The number of rotatable bonds is 2. The highest BCUT2D eigenvalue weighted by atomic mass is 16.5. The number of esters is 1. The van der Waals surface area contributed by atoms with Crippen molar-refractivity contribution in [3.8, 4) is 0 Å². The second-order valence-corrected chi connectivity index (χ2v) is 4.87. The number of aryl methyl sites for hydroxylation is 1. The molecule has 1 atom stereocenters. The average Bonchev–Trinajstić information content (AvgIpc) is 2.88. The van der Waals surface area contributed by atoms with Crippen LogP contribution >= 0.6 is 0 Å². The van der Waals surface area contributed by atoms with Gasteiger partial charge in [-0.1, -0.05) is 0 Å². The first-order valence-electron chi connectivity index (χ1n) is 6.55. The van der Waals surface area contributed by atoms with Crippen LogP contribution in [0.1, 0.15) is 5.56 Å². The van der Waals surface area contributed by atoms with Crippen LogP contribution in [0.15, 0.2) is 12.5 Å². The Kier molecular flexibility index (Phi) is 3.27. The zero-order chi connectivity index (χ0) is 14.1. The molecule has 1 unspecified atom stereocenters. The lowest BCUT2D eigenvalue weighted by molar-refractivity contribution is -0.143. The number of piperazine rings is 1. The van der Waals surface area contributed by atoms with Crippen LogP contribution in [-0.4, -0.2) is 53.7 Å². The van der Waals surface area contributed by atoms with Crippen molar-refractivity contribution in [2.45, 2.75) is 13.0 Å². The summed E-state index contributed by atoms with van der Waals surface area (Å²) in [6.07, 6.45) is 3.46. The number of nitrogens with zero attached hydrogens (tertiary/aromatic N) is 3. The molecule has 2 N–H and O–H groups in total. The second kappa shape index (κ2) is 5.09. The lowest BCUT2D eigenvalue weighted by Gasteiger charge is -2.33. The quantitative estimate of drug-likeness (QED) is 0.763. The van der Waals surface area contributed by atoms with E-state index < -0.39 is 0 Å². The highest BCUT2D eigenvalue weighted by Crippen LogP contribution is 2.26. The molecule has 2 aromatic heterocycles. The maximum atomic E-state index is 11.7. The van der Waals surface area contributed by atoms with Crippen molar-refractivity contribution in [1.29, 1.82) is 0 Å². The molecule has 7 heteroatoms. The molecule has 0 saturated carbocycles. The number of aromatic amines is 1. The lowest BCUT2D eigenvalue weighted by atomic mass is 10.2. The third kappa shape index (κ3) is 2.09. The van der Waals surface area contributed by atoms with Crippen LogP contribution in [0, 0.1) is 6.92 Å². The van der Waals surface area contributed by atoms with E-state index in [9.17, 15) is 4.79 Å². The van der Waals surface area contributed by atoms with Gasteiger partial charge in [0.15, 0.2) is 0 Å². The number of hydrogen-bond acceptors (Lipinski definition) is 6. The van der Waals surface area contributed by atoms with Crippen LogP contribution in [0.25, 0.3) is 11.0 Å². The van der Waals surface area contributed by atoms with Crippen molar-refractivity contribution >= 4 is 22.8 Å². The normalized spacial score (nSPS) is 19.3.